The van der Waals surface area contributed by atoms with Gasteiger partial charge < -0.3 is 10.1 Å². The van der Waals surface area contributed by atoms with Crippen molar-refractivity contribution in [3.63, 3.8) is 0 Å². The molecule has 26 heavy (non-hydrogen) atoms. The topological polar surface area (TPSA) is 75.7 Å². The number of benzene rings is 2. The normalized spacial score (nSPS) is 14.5. The lowest BCUT2D eigenvalue weighted by molar-refractivity contribution is -0.115. The highest BCUT2D eigenvalue weighted by molar-refractivity contribution is 7.89. The van der Waals surface area contributed by atoms with Crippen molar-refractivity contribution in [1.29, 1.82) is 0 Å². The van der Waals surface area contributed by atoms with E-state index in [9.17, 15) is 13.2 Å². The standard InChI is InChI=1S/C19H22N2O4S/c1-25-18-9-5-4-8-17(18)20-19(22)11-13-26(23,24)21-12-10-15-6-2-3-7-16(15)14-21/h2-9H,10-14H2,1H3,(H,20,22). The minimum absolute atomic E-state index is 0.0987. The fourth-order valence-corrected chi connectivity index (χ4v) is 4.43. The first kappa shape index (κ1) is 18.4. The second kappa shape index (κ2) is 7.88. The lowest BCUT2D eigenvalue weighted by Crippen LogP contribution is -2.38. The van der Waals surface area contributed by atoms with Crippen LogP contribution >= 0.6 is 0 Å². The number of nitrogens with zero attached hydrogens (tertiary/aromatic N) is 1. The van der Waals surface area contributed by atoms with Crippen LogP contribution in [0.15, 0.2) is 48.5 Å². The van der Waals surface area contributed by atoms with E-state index in [4.69, 9.17) is 4.74 Å². The first-order chi connectivity index (χ1) is 12.5. The summed E-state index contributed by atoms with van der Waals surface area (Å²) in [6.45, 7) is 0.820. The van der Waals surface area contributed by atoms with Crippen LogP contribution in [0.1, 0.15) is 17.5 Å². The summed E-state index contributed by atoms with van der Waals surface area (Å²) in [7, 11) is -1.97. The van der Waals surface area contributed by atoms with Crippen molar-refractivity contribution in [2.75, 3.05) is 24.7 Å². The Kier molecular flexibility index (Phi) is 5.58. The largest absolute Gasteiger partial charge is 0.495 e. The number of amides is 1. The van der Waals surface area contributed by atoms with Gasteiger partial charge in [-0.15, -0.1) is 0 Å². The molecule has 0 saturated carbocycles. The summed E-state index contributed by atoms with van der Waals surface area (Å²) < 4.78 is 31.8. The Morgan fingerprint density at radius 3 is 2.58 bits per heavy atom. The number of nitrogens with one attached hydrogen (secondary N) is 1. The third kappa shape index (κ3) is 4.23. The molecule has 1 N–H and O–H groups in total. The molecule has 0 saturated heterocycles. The van der Waals surface area contributed by atoms with Crippen molar-refractivity contribution < 1.29 is 17.9 Å². The molecule has 138 valence electrons. The van der Waals surface area contributed by atoms with Crippen molar-refractivity contribution in [2.45, 2.75) is 19.4 Å². The maximum Gasteiger partial charge on any atom is 0.225 e. The van der Waals surface area contributed by atoms with Gasteiger partial charge in [0.15, 0.2) is 0 Å². The second-order valence-corrected chi connectivity index (χ2v) is 8.26. The van der Waals surface area contributed by atoms with Gasteiger partial charge in [-0.25, -0.2) is 8.42 Å². The van der Waals surface area contributed by atoms with E-state index in [1.165, 1.54) is 17.0 Å². The molecule has 0 aliphatic carbocycles. The predicted molar refractivity (Wildman–Crippen MR) is 101 cm³/mol. The van der Waals surface area contributed by atoms with Crippen LogP contribution in [0.3, 0.4) is 0 Å². The second-order valence-electron chi connectivity index (χ2n) is 6.17. The molecule has 3 rings (SSSR count). The van der Waals surface area contributed by atoms with Gasteiger partial charge in [-0.2, -0.15) is 4.31 Å². The van der Waals surface area contributed by atoms with Crippen molar-refractivity contribution >= 4 is 21.6 Å². The van der Waals surface area contributed by atoms with Crippen LogP contribution in [0.4, 0.5) is 5.69 Å². The van der Waals surface area contributed by atoms with E-state index in [2.05, 4.69) is 5.32 Å². The number of fused-ring (bicyclic) bond motifs is 1. The smallest absolute Gasteiger partial charge is 0.225 e. The molecule has 0 radical (unpaired) electrons. The number of ether oxygens (including phenoxy) is 1. The highest BCUT2D eigenvalue weighted by Gasteiger charge is 2.27. The summed E-state index contributed by atoms with van der Waals surface area (Å²) in [6, 6.07) is 14.9. The van der Waals surface area contributed by atoms with Crippen LogP contribution in [-0.2, 0) is 27.8 Å². The number of carbonyl (C=O) groups excluding carboxylic acids is 1. The summed E-state index contributed by atoms with van der Waals surface area (Å²) in [5, 5.41) is 2.71. The minimum atomic E-state index is -3.49. The molecule has 0 atom stereocenters. The number of carbonyl (C=O) groups is 1. The molecule has 0 spiro atoms. The zero-order valence-corrected chi connectivity index (χ0v) is 15.5. The van der Waals surface area contributed by atoms with Crippen LogP contribution < -0.4 is 10.1 Å². The Labute approximate surface area is 153 Å². The molecule has 1 heterocycles. The van der Waals surface area contributed by atoms with Crippen molar-refractivity contribution in [1.82, 2.24) is 4.31 Å². The van der Waals surface area contributed by atoms with Crippen LogP contribution in [0.2, 0.25) is 0 Å². The molecule has 7 heteroatoms. The molecular weight excluding hydrogens is 352 g/mol. The Morgan fingerprint density at radius 1 is 1.12 bits per heavy atom. The molecule has 2 aromatic carbocycles. The zero-order chi connectivity index (χ0) is 18.6. The van der Waals surface area contributed by atoms with Crippen molar-refractivity contribution in [2.24, 2.45) is 0 Å². The molecular formula is C19H22N2O4S. The summed E-state index contributed by atoms with van der Waals surface area (Å²) in [5.41, 5.74) is 2.75. The number of sulfonamides is 1. The Hall–Kier alpha value is -2.38. The van der Waals surface area contributed by atoms with Gasteiger partial charge >= 0.3 is 0 Å². The molecule has 0 bridgehead atoms. The number of para-hydroxylation sites is 2. The number of methoxy groups -OCH3 is 1. The van der Waals surface area contributed by atoms with E-state index < -0.39 is 10.0 Å². The van der Waals surface area contributed by atoms with Crippen LogP contribution in [0.5, 0.6) is 5.75 Å². The zero-order valence-electron chi connectivity index (χ0n) is 14.6. The summed E-state index contributed by atoms with van der Waals surface area (Å²) in [6.07, 6.45) is 0.599. The Bertz CT molecular complexity index is 896. The van der Waals surface area contributed by atoms with Crippen molar-refractivity contribution in [3.8, 4) is 5.75 Å². The van der Waals surface area contributed by atoms with Crippen molar-refractivity contribution in [3.05, 3.63) is 59.7 Å². The van der Waals surface area contributed by atoms with Gasteiger partial charge in [0.25, 0.3) is 0 Å². The van der Waals surface area contributed by atoms with Crippen LogP contribution in [-0.4, -0.2) is 38.0 Å². The lowest BCUT2D eigenvalue weighted by Gasteiger charge is -2.28. The van der Waals surface area contributed by atoms with Gasteiger partial charge in [0.05, 0.1) is 18.6 Å². The quantitative estimate of drug-likeness (QED) is 0.842. The Morgan fingerprint density at radius 2 is 1.81 bits per heavy atom. The number of anilines is 1. The fourth-order valence-electron chi connectivity index (χ4n) is 3.02. The minimum Gasteiger partial charge on any atom is -0.495 e. The number of rotatable bonds is 6. The van der Waals surface area contributed by atoms with E-state index in [0.717, 1.165) is 5.56 Å². The van der Waals surface area contributed by atoms with Gasteiger partial charge in [0.2, 0.25) is 15.9 Å². The van der Waals surface area contributed by atoms with E-state index in [0.29, 0.717) is 30.9 Å². The van der Waals surface area contributed by atoms with Gasteiger partial charge in [0.1, 0.15) is 5.75 Å². The summed E-state index contributed by atoms with van der Waals surface area (Å²) in [5.74, 6) is -0.0253. The first-order valence-corrected chi connectivity index (χ1v) is 10.1. The maximum absolute atomic E-state index is 12.6. The van der Waals surface area contributed by atoms with E-state index >= 15 is 0 Å². The predicted octanol–water partition coefficient (Wildman–Crippen LogP) is 2.41. The third-order valence-electron chi connectivity index (χ3n) is 4.46. The van der Waals surface area contributed by atoms with Crippen LogP contribution in [0, 0.1) is 0 Å². The van der Waals surface area contributed by atoms with Crippen LogP contribution in [0.25, 0.3) is 0 Å². The average molecular weight is 374 g/mol. The van der Waals surface area contributed by atoms with Gasteiger partial charge in [-0.3, -0.25) is 4.79 Å². The molecule has 6 nitrogen and oxygen atoms in total. The molecule has 1 aliphatic rings. The van der Waals surface area contributed by atoms with Gasteiger partial charge in [-0.05, 0) is 29.7 Å². The van der Waals surface area contributed by atoms with Gasteiger partial charge in [-0.1, -0.05) is 36.4 Å². The van der Waals surface area contributed by atoms with E-state index in [1.54, 1.807) is 24.3 Å². The Balaban J connectivity index is 1.59. The van der Waals surface area contributed by atoms with E-state index in [-0.39, 0.29) is 18.1 Å². The molecule has 0 aromatic heterocycles. The fraction of sp³-hybridized carbons (Fsp3) is 0.316. The number of hydrogen-bond donors (Lipinski definition) is 1. The maximum atomic E-state index is 12.6. The SMILES string of the molecule is COc1ccccc1NC(=O)CCS(=O)(=O)N1CCc2ccccc2C1. The first-order valence-electron chi connectivity index (χ1n) is 8.47. The molecule has 1 amide bonds. The third-order valence-corrected chi connectivity index (χ3v) is 6.28. The molecule has 0 fully saturated rings. The summed E-state index contributed by atoms with van der Waals surface area (Å²) in [4.78, 5) is 12.2. The summed E-state index contributed by atoms with van der Waals surface area (Å²) >= 11 is 0. The lowest BCUT2D eigenvalue weighted by atomic mass is 10.0. The molecule has 1 aliphatic heterocycles. The highest BCUT2D eigenvalue weighted by Crippen LogP contribution is 2.24. The monoisotopic (exact) mass is 374 g/mol. The highest BCUT2D eigenvalue weighted by atomic mass is 32.2. The average Bonchev–Trinajstić information content (AvgIpc) is 2.66. The number of hydrogen-bond acceptors (Lipinski definition) is 4. The molecule has 0 unspecified atom stereocenters. The van der Waals surface area contributed by atoms with E-state index in [1.807, 2.05) is 24.3 Å². The van der Waals surface area contributed by atoms with Gasteiger partial charge in [0, 0.05) is 19.5 Å². The molecule has 2 aromatic rings.